The lowest BCUT2D eigenvalue weighted by Crippen LogP contribution is -2.18. The molecule has 2 heterocycles. The first-order chi connectivity index (χ1) is 9.04. The van der Waals surface area contributed by atoms with Crippen molar-refractivity contribution < 1.29 is 4.79 Å². The average Bonchev–Trinajstić information content (AvgIpc) is 2.37. The summed E-state index contributed by atoms with van der Waals surface area (Å²) in [6.45, 7) is 3.61. The summed E-state index contributed by atoms with van der Waals surface area (Å²) in [6.07, 6.45) is 1.65. The summed E-state index contributed by atoms with van der Waals surface area (Å²) >= 11 is 0. The van der Waals surface area contributed by atoms with E-state index in [-0.39, 0.29) is 18.3 Å². The molecule has 19 heavy (non-hydrogen) atoms. The number of aromatic nitrogens is 4. The first-order valence-electron chi connectivity index (χ1n) is 5.73. The number of carbonyl (C=O) groups excluding carboxylic acids is 1. The molecule has 0 aromatic carbocycles. The van der Waals surface area contributed by atoms with Gasteiger partial charge in [-0.15, -0.1) is 5.10 Å². The van der Waals surface area contributed by atoms with Crippen LogP contribution in [0, 0.1) is 13.8 Å². The number of amides is 1. The lowest BCUT2D eigenvalue weighted by Gasteiger charge is -2.04. The van der Waals surface area contributed by atoms with E-state index in [4.69, 9.17) is 5.73 Å². The molecule has 1 amide bonds. The van der Waals surface area contributed by atoms with Crippen LogP contribution in [0.1, 0.15) is 17.1 Å². The number of nitrogens with zero attached hydrogens (tertiary/aromatic N) is 4. The lowest BCUT2D eigenvalue weighted by atomic mass is 10.2. The molecular weight excluding hydrogens is 244 g/mol. The molecule has 3 N–H and O–H groups in total. The van der Waals surface area contributed by atoms with Crippen molar-refractivity contribution in [3.05, 3.63) is 35.4 Å². The third-order valence-corrected chi connectivity index (χ3v) is 2.53. The Morgan fingerprint density at radius 3 is 2.68 bits per heavy atom. The van der Waals surface area contributed by atoms with Gasteiger partial charge in [-0.1, -0.05) is 0 Å². The van der Waals surface area contributed by atoms with E-state index >= 15 is 0 Å². The Morgan fingerprint density at radius 1 is 1.26 bits per heavy atom. The fourth-order valence-corrected chi connectivity index (χ4v) is 1.38. The molecule has 0 spiro atoms. The number of carbonyl (C=O) groups is 1. The molecule has 98 valence electrons. The van der Waals surface area contributed by atoms with Crippen molar-refractivity contribution in [2.45, 2.75) is 20.3 Å². The van der Waals surface area contributed by atoms with Gasteiger partial charge in [-0.05, 0) is 26.0 Å². The first kappa shape index (κ1) is 12.9. The molecule has 0 aliphatic heterocycles. The molecule has 2 aromatic rings. The van der Waals surface area contributed by atoms with E-state index in [1.807, 2.05) is 0 Å². The summed E-state index contributed by atoms with van der Waals surface area (Å²) in [5, 5.41) is 10.3. The largest absolute Gasteiger partial charge is 0.397 e. The average molecular weight is 258 g/mol. The van der Waals surface area contributed by atoms with Crippen LogP contribution in [0.2, 0.25) is 0 Å². The van der Waals surface area contributed by atoms with Crippen molar-refractivity contribution in [2.75, 3.05) is 11.1 Å². The maximum atomic E-state index is 11.8. The highest BCUT2D eigenvalue weighted by Gasteiger charge is 2.08. The van der Waals surface area contributed by atoms with Gasteiger partial charge in [0.25, 0.3) is 0 Å². The second-order valence-electron chi connectivity index (χ2n) is 4.11. The normalized spacial score (nSPS) is 10.2. The quantitative estimate of drug-likeness (QED) is 0.837. The van der Waals surface area contributed by atoms with E-state index in [0.717, 1.165) is 11.4 Å². The van der Waals surface area contributed by atoms with E-state index in [1.165, 1.54) is 6.20 Å². The Hall–Kier alpha value is -2.57. The number of anilines is 2. The lowest BCUT2D eigenvalue weighted by molar-refractivity contribution is -0.115. The highest BCUT2D eigenvalue weighted by atomic mass is 16.1. The highest BCUT2D eigenvalue weighted by Crippen LogP contribution is 2.05. The van der Waals surface area contributed by atoms with Gasteiger partial charge in [-0.25, -0.2) is 4.98 Å². The Bertz CT molecular complexity index is 596. The highest BCUT2D eigenvalue weighted by molar-refractivity contribution is 5.90. The number of nitrogens with two attached hydrogens (primary N) is 1. The monoisotopic (exact) mass is 258 g/mol. The zero-order chi connectivity index (χ0) is 13.8. The second kappa shape index (κ2) is 5.38. The molecule has 2 aromatic heterocycles. The third kappa shape index (κ3) is 3.44. The van der Waals surface area contributed by atoms with Crippen molar-refractivity contribution in [1.29, 1.82) is 0 Å². The van der Waals surface area contributed by atoms with Gasteiger partial charge in [0.05, 0.1) is 29.7 Å². The maximum Gasteiger partial charge on any atom is 0.249 e. The topological polar surface area (TPSA) is 107 Å². The van der Waals surface area contributed by atoms with Crippen molar-refractivity contribution in [2.24, 2.45) is 0 Å². The number of hydrogen-bond donors (Lipinski definition) is 2. The van der Waals surface area contributed by atoms with Crippen molar-refractivity contribution in [1.82, 2.24) is 20.2 Å². The Morgan fingerprint density at radius 2 is 2.05 bits per heavy atom. The SMILES string of the molecule is Cc1nnc(NC(=O)Cc2ccc(N)cn2)nc1C. The van der Waals surface area contributed by atoms with Gasteiger partial charge in [0.1, 0.15) is 0 Å². The van der Waals surface area contributed by atoms with Crippen molar-refractivity contribution in [3.8, 4) is 0 Å². The van der Waals surface area contributed by atoms with E-state index in [9.17, 15) is 4.79 Å². The van der Waals surface area contributed by atoms with Gasteiger partial charge in [-0.2, -0.15) is 5.10 Å². The van der Waals surface area contributed by atoms with Crippen LogP contribution >= 0.6 is 0 Å². The summed E-state index contributed by atoms with van der Waals surface area (Å²) in [7, 11) is 0. The summed E-state index contributed by atoms with van der Waals surface area (Å²) in [5.74, 6) is -0.0501. The fraction of sp³-hybridized carbons (Fsp3) is 0.250. The van der Waals surface area contributed by atoms with Crippen LogP contribution in [0.25, 0.3) is 0 Å². The summed E-state index contributed by atoms with van der Waals surface area (Å²) in [4.78, 5) is 19.9. The molecule has 2 rings (SSSR count). The minimum atomic E-state index is -0.248. The first-order valence-corrected chi connectivity index (χ1v) is 5.73. The van der Waals surface area contributed by atoms with E-state index < -0.39 is 0 Å². The molecule has 0 atom stereocenters. The molecule has 7 nitrogen and oxygen atoms in total. The van der Waals surface area contributed by atoms with Crippen LogP contribution in [0.5, 0.6) is 0 Å². The summed E-state index contributed by atoms with van der Waals surface area (Å²) in [6, 6.07) is 3.40. The van der Waals surface area contributed by atoms with E-state index in [0.29, 0.717) is 11.4 Å². The Kier molecular flexibility index (Phi) is 3.65. The van der Waals surface area contributed by atoms with Crippen LogP contribution in [0.4, 0.5) is 11.6 Å². The number of pyridine rings is 1. The standard InChI is InChI=1S/C12H14N6O/c1-7-8(2)17-18-12(15-7)16-11(19)5-10-4-3-9(13)6-14-10/h3-4,6H,5,13H2,1-2H3,(H,15,16,18,19). The van der Waals surface area contributed by atoms with Gasteiger partial charge in [0.15, 0.2) is 0 Å². The van der Waals surface area contributed by atoms with Crippen LogP contribution in [0.15, 0.2) is 18.3 Å². The number of aryl methyl sites for hydroxylation is 2. The fourth-order valence-electron chi connectivity index (χ4n) is 1.38. The Balaban J connectivity index is 2.01. The predicted octanol–water partition coefficient (Wildman–Crippen LogP) is 0.647. The second-order valence-corrected chi connectivity index (χ2v) is 4.11. The van der Waals surface area contributed by atoms with Gasteiger partial charge in [0.2, 0.25) is 11.9 Å². The molecule has 0 aliphatic rings. The molecule has 0 bridgehead atoms. The van der Waals surface area contributed by atoms with Crippen molar-refractivity contribution in [3.63, 3.8) is 0 Å². The minimum absolute atomic E-state index is 0.135. The molecule has 7 heteroatoms. The van der Waals surface area contributed by atoms with Crippen LogP contribution in [-0.2, 0) is 11.2 Å². The number of nitrogens with one attached hydrogen (secondary N) is 1. The number of nitrogen functional groups attached to an aromatic ring is 1. The molecule has 0 radical (unpaired) electrons. The summed E-state index contributed by atoms with van der Waals surface area (Å²) < 4.78 is 0. The molecular formula is C12H14N6O. The van der Waals surface area contributed by atoms with Crippen LogP contribution in [-0.4, -0.2) is 26.1 Å². The molecule has 0 fully saturated rings. The van der Waals surface area contributed by atoms with Crippen molar-refractivity contribution >= 4 is 17.5 Å². The van der Waals surface area contributed by atoms with Crippen LogP contribution < -0.4 is 11.1 Å². The zero-order valence-corrected chi connectivity index (χ0v) is 10.7. The van der Waals surface area contributed by atoms with E-state index in [2.05, 4.69) is 25.5 Å². The number of hydrogen-bond acceptors (Lipinski definition) is 6. The van der Waals surface area contributed by atoms with E-state index in [1.54, 1.807) is 26.0 Å². The van der Waals surface area contributed by atoms with Gasteiger partial charge < -0.3 is 5.73 Å². The molecule has 0 saturated carbocycles. The molecule has 0 aliphatic carbocycles. The van der Waals surface area contributed by atoms with Gasteiger partial charge >= 0.3 is 0 Å². The Labute approximate surface area is 110 Å². The maximum absolute atomic E-state index is 11.8. The molecule has 0 unspecified atom stereocenters. The summed E-state index contributed by atoms with van der Waals surface area (Å²) in [5.41, 5.74) is 8.18. The smallest absolute Gasteiger partial charge is 0.249 e. The van der Waals surface area contributed by atoms with Gasteiger partial charge in [0, 0.05) is 5.69 Å². The number of rotatable bonds is 3. The van der Waals surface area contributed by atoms with Crippen LogP contribution in [0.3, 0.4) is 0 Å². The zero-order valence-electron chi connectivity index (χ0n) is 10.7. The predicted molar refractivity (Wildman–Crippen MR) is 70.3 cm³/mol. The minimum Gasteiger partial charge on any atom is -0.397 e. The third-order valence-electron chi connectivity index (χ3n) is 2.53. The van der Waals surface area contributed by atoms with Gasteiger partial charge in [-0.3, -0.25) is 15.1 Å². The molecule has 0 saturated heterocycles.